The van der Waals surface area contributed by atoms with Gasteiger partial charge < -0.3 is 15.1 Å². The minimum Gasteiger partial charge on any atom is -0.464 e. The topological polar surface area (TPSA) is 102 Å². The average molecular weight is 209 g/mol. The smallest absolute Gasteiger partial charge is 0.198 e. The molecule has 0 aromatic carbocycles. The summed E-state index contributed by atoms with van der Waals surface area (Å²) in [6, 6.07) is 3.72. The van der Waals surface area contributed by atoms with E-state index < -0.39 is 0 Å². The quantitative estimate of drug-likeness (QED) is 0.419. The summed E-state index contributed by atoms with van der Waals surface area (Å²) in [5, 5.41) is 16.9. The summed E-state index contributed by atoms with van der Waals surface area (Å²) in [5.74, 6) is 1.42. The second kappa shape index (κ2) is 4.50. The molecule has 82 valence electrons. The lowest BCUT2D eigenvalue weighted by molar-refractivity contribution is 0.393. The molecular formula is C9H15N5O. The molecule has 1 heterocycles. The van der Waals surface area contributed by atoms with Crippen molar-refractivity contribution in [2.75, 3.05) is 7.05 Å². The molecule has 6 nitrogen and oxygen atoms in total. The van der Waals surface area contributed by atoms with Crippen LogP contribution >= 0.6 is 0 Å². The van der Waals surface area contributed by atoms with Crippen LogP contribution in [0.5, 0.6) is 0 Å². The molecule has 1 aromatic heterocycles. The van der Waals surface area contributed by atoms with Crippen LogP contribution in [0.15, 0.2) is 16.5 Å². The van der Waals surface area contributed by atoms with E-state index in [0.717, 1.165) is 11.5 Å². The number of hydrogen-bond acceptors (Lipinski definition) is 3. The second-order valence-corrected chi connectivity index (χ2v) is 3.26. The molecule has 15 heavy (non-hydrogen) atoms. The van der Waals surface area contributed by atoms with Gasteiger partial charge in [-0.25, -0.2) is 0 Å². The maximum absolute atomic E-state index is 7.53. The van der Waals surface area contributed by atoms with Crippen molar-refractivity contribution in [3.8, 4) is 0 Å². The Morgan fingerprint density at radius 3 is 2.67 bits per heavy atom. The van der Waals surface area contributed by atoms with Gasteiger partial charge in [0.1, 0.15) is 11.5 Å². The summed E-state index contributed by atoms with van der Waals surface area (Å²) in [7, 11) is 1.72. The van der Waals surface area contributed by atoms with Crippen LogP contribution in [0.3, 0.4) is 0 Å². The molecule has 0 saturated carbocycles. The normalized spacial score (nSPS) is 9.73. The highest BCUT2D eigenvalue weighted by Crippen LogP contribution is 2.08. The number of furan rings is 1. The number of guanidine groups is 2. The van der Waals surface area contributed by atoms with E-state index in [1.165, 1.54) is 0 Å². The summed E-state index contributed by atoms with van der Waals surface area (Å²) in [6.07, 6.45) is 0. The summed E-state index contributed by atoms with van der Waals surface area (Å²) in [4.78, 5) is 1.60. The lowest BCUT2D eigenvalue weighted by atomic mass is 10.4. The molecule has 0 radical (unpaired) electrons. The van der Waals surface area contributed by atoms with Gasteiger partial charge in [-0.3, -0.25) is 16.1 Å². The number of nitrogens with one attached hydrogen (secondary N) is 3. The van der Waals surface area contributed by atoms with Gasteiger partial charge in [0.05, 0.1) is 6.54 Å². The van der Waals surface area contributed by atoms with Crippen LogP contribution in [0.2, 0.25) is 0 Å². The molecule has 5 N–H and O–H groups in total. The van der Waals surface area contributed by atoms with Gasteiger partial charge in [-0.1, -0.05) is 0 Å². The second-order valence-electron chi connectivity index (χ2n) is 3.26. The molecule has 0 atom stereocenters. The van der Waals surface area contributed by atoms with Crippen molar-refractivity contribution in [1.29, 1.82) is 10.8 Å². The molecule has 6 heteroatoms. The van der Waals surface area contributed by atoms with Gasteiger partial charge in [-0.05, 0) is 19.1 Å². The highest BCUT2D eigenvalue weighted by molar-refractivity contribution is 5.94. The Morgan fingerprint density at radius 1 is 1.53 bits per heavy atom. The van der Waals surface area contributed by atoms with Crippen LogP contribution in [0, 0.1) is 17.7 Å². The highest BCUT2D eigenvalue weighted by Gasteiger charge is 2.07. The van der Waals surface area contributed by atoms with Crippen LogP contribution in [0.25, 0.3) is 0 Å². The Balaban J connectivity index is 2.51. The van der Waals surface area contributed by atoms with Crippen molar-refractivity contribution in [3.05, 3.63) is 23.7 Å². The minimum absolute atomic E-state index is 0.0663. The van der Waals surface area contributed by atoms with E-state index in [4.69, 9.17) is 21.0 Å². The lowest BCUT2D eigenvalue weighted by Crippen LogP contribution is -2.43. The molecule has 1 rings (SSSR count). The van der Waals surface area contributed by atoms with E-state index in [1.54, 1.807) is 11.9 Å². The Bertz CT molecular complexity index is 370. The van der Waals surface area contributed by atoms with Gasteiger partial charge in [0, 0.05) is 7.05 Å². The fourth-order valence-corrected chi connectivity index (χ4v) is 1.11. The Morgan fingerprint density at radius 2 is 2.20 bits per heavy atom. The summed E-state index contributed by atoms with van der Waals surface area (Å²) >= 11 is 0. The van der Waals surface area contributed by atoms with E-state index in [-0.39, 0.29) is 11.9 Å². The summed E-state index contributed by atoms with van der Waals surface area (Å²) < 4.78 is 5.36. The zero-order valence-corrected chi connectivity index (χ0v) is 8.79. The Hall–Kier alpha value is -1.98. The van der Waals surface area contributed by atoms with Gasteiger partial charge in [-0.2, -0.15) is 0 Å². The molecule has 0 aliphatic rings. The van der Waals surface area contributed by atoms with Crippen LogP contribution in [0.1, 0.15) is 11.5 Å². The van der Waals surface area contributed by atoms with Crippen LogP contribution < -0.4 is 11.1 Å². The molecule has 0 aliphatic carbocycles. The summed E-state index contributed by atoms with van der Waals surface area (Å²) in [5.41, 5.74) is 5.11. The first kappa shape index (κ1) is 11.1. The monoisotopic (exact) mass is 209 g/mol. The number of nitrogens with two attached hydrogens (primary N) is 1. The van der Waals surface area contributed by atoms with Crippen LogP contribution in [-0.2, 0) is 6.54 Å². The van der Waals surface area contributed by atoms with E-state index in [9.17, 15) is 0 Å². The van der Waals surface area contributed by atoms with Crippen molar-refractivity contribution in [2.45, 2.75) is 13.5 Å². The van der Waals surface area contributed by atoms with Crippen LogP contribution in [-0.4, -0.2) is 23.9 Å². The predicted molar refractivity (Wildman–Crippen MR) is 57.7 cm³/mol. The first-order valence-electron chi connectivity index (χ1n) is 4.45. The van der Waals surface area contributed by atoms with Crippen molar-refractivity contribution in [3.63, 3.8) is 0 Å². The average Bonchev–Trinajstić information content (AvgIpc) is 2.50. The molecule has 0 aliphatic heterocycles. The number of nitrogens with zero attached hydrogens (tertiary/aromatic N) is 1. The number of rotatable bonds is 2. The van der Waals surface area contributed by atoms with Gasteiger partial charge in [-0.15, -0.1) is 0 Å². The first-order valence-corrected chi connectivity index (χ1v) is 4.45. The third-order valence-corrected chi connectivity index (χ3v) is 1.82. The fraction of sp³-hybridized carbons (Fsp3) is 0.333. The maximum Gasteiger partial charge on any atom is 0.198 e. The molecule has 0 bridgehead atoms. The van der Waals surface area contributed by atoms with Gasteiger partial charge in [0.2, 0.25) is 0 Å². The molecule has 0 amide bonds. The first-order chi connectivity index (χ1) is 6.99. The fourth-order valence-electron chi connectivity index (χ4n) is 1.11. The third kappa shape index (κ3) is 3.34. The molecule has 0 fully saturated rings. The predicted octanol–water partition coefficient (Wildman–Crippen LogP) is 0.438. The van der Waals surface area contributed by atoms with Crippen molar-refractivity contribution in [2.24, 2.45) is 5.73 Å². The SMILES string of the molecule is Cc1ccc(CN(C)C(=N)NC(=N)N)o1. The summed E-state index contributed by atoms with van der Waals surface area (Å²) in [6.45, 7) is 2.33. The number of hydrogen-bond donors (Lipinski definition) is 4. The van der Waals surface area contributed by atoms with Crippen LogP contribution in [0.4, 0.5) is 0 Å². The van der Waals surface area contributed by atoms with E-state index in [0.29, 0.717) is 6.54 Å². The molecule has 0 unspecified atom stereocenters. The van der Waals surface area contributed by atoms with E-state index in [1.807, 2.05) is 19.1 Å². The van der Waals surface area contributed by atoms with Crippen molar-refractivity contribution < 1.29 is 4.42 Å². The van der Waals surface area contributed by atoms with Crippen molar-refractivity contribution in [1.82, 2.24) is 10.2 Å². The zero-order valence-electron chi connectivity index (χ0n) is 8.79. The van der Waals surface area contributed by atoms with Gasteiger partial charge >= 0.3 is 0 Å². The maximum atomic E-state index is 7.53. The van der Waals surface area contributed by atoms with Gasteiger partial charge in [0.15, 0.2) is 11.9 Å². The third-order valence-electron chi connectivity index (χ3n) is 1.82. The molecular weight excluding hydrogens is 194 g/mol. The standard InChI is InChI=1S/C9H15N5O/c1-6-3-4-7(15-6)5-14(2)9(12)13-8(10)11/h3-4H,5H2,1-2H3,(H5,10,11,12,13). The van der Waals surface area contributed by atoms with Gasteiger partial charge in [0.25, 0.3) is 0 Å². The lowest BCUT2D eigenvalue weighted by Gasteiger charge is -2.18. The highest BCUT2D eigenvalue weighted by atomic mass is 16.3. The largest absolute Gasteiger partial charge is 0.464 e. The van der Waals surface area contributed by atoms with E-state index in [2.05, 4.69) is 5.32 Å². The minimum atomic E-state index is -0.248. The molecule has 0 spiro atoms. The zero-order chi connectivity index (χ0) is 11.4. The number of aryl methyl sites for hydroxylation is 1. The Labute approximate surface area is 88.1 Å². The molecule has 1 aromatic rings. The molecule has 0 saturated heterocycles. The van der Waals surface area contributed by atoms with E-state index >= 15 is 0 Å². The Kier molecular flexibility index (Phi) is 3.33. The van der Waals surface area contributed by atoms with Crippen molar-refractivity contribution >= 4 is 11.9 Å².